The van der Waals surface area contributed by atoms with Gasteiger partial charge in [0.05, 0.1) is 0 Å². The van der Waals surface area contributed by atoms with Crippen LogP contribution < -0.4 is 4.74 Å². The summed E-state index contributed by atoms with van der Waals surface area (Å²) in [5.41, 5.74) is 0. The Morgan fingerprint density at radius 3 is 2.50 bits per heavy atom. The van der Waals surface area contributed by atoms with E-state index in [1.54, 1.807) is 19.1 Å². The molecule has 0 aliphatic heterocycles. The average Bonchev–Trinajstić information content (AvgIpc) is 2.06. The third kappa shape index (κ3) is 2.75. The second kappa shape index (κ2) is 3.83. The molecule has 3 heteroatoms. The van der Waals surface area contributed by atoms with Crippen molar-refractivity contribution in [2.45, 2.75) is 18.5 Å². The van der Waals surface area contributed by atoms with Crippen LogP contribution >= 0.6 is 12.6 Å². The minimum Gasteiger partial charge on any atom is -0.453 e. The van der Waals surface area contributed by atoms with Crippen LogP contribution in [0.2, 0.25) is 0 Å². The Balaban J connectivity index is 2.64. The zero-order valence-corrected chi connectivity index (χ0v) is 7.79. The van der Waals surface area contributed by atoms with Gasteiger partial charge >= 0.3 is 0 Å². The lowest BCUT2D eigenvalue weighted by Gasteiger charge is -2.21. The number of hydrogen-bond donors (Lipinski definition) is 2. The van der Waals surface area contributed by atoms with E-state index in [1.165, 1.54) is 0 Å². The van der Waals surface area contributed by atoms with Crippen LogP contribution in [-0.4, -0.2) is 10.2 Å². The molecule has 0 radical (unpaired) electrons. The molecule has 1 unspecified atom stereocenters. The highest BCUT2D eigenvalue weighted by atomic mass is 32.1. The number of aliphatic hydroxyl groups is 1. The molecule has 0 heterocycles. The van der Waals surface area contributed by atoms with Crippen molar-refractivity contribution in [2.75, 3.05) is 0 Å². The first-order valence-electron chi connectivity index (χ1n) is 3.83. The summed E-state index contributed by atoms with van der Waals surface area (Å²) >= 11 is 3.93. The second-order valence-electron chi connectivity index (χ2n) is 2.51. The van der Waals surface area contributed by atoms with Gasteiger partial charge in [0.15, 0.2) is 0 Å². The molecule has 0 aliphatic rings. The van der Waals surface area contributed by atoms with Gasteiger partial charge < -0.3 is 9.84 Å². The van der Waals surface area contributed by atoms with Crippen molar-refractivity contribution in [3.63, 3.8) is 0 Å². The molecule has 1 rings (SSSR count). The molecule has 0 spiro atoms. The van der Waals surface area contributed by atoms with E-state index in [1.807, 2.05) is 18.2 Å². The predicted octanol–water partition coefficient (Wildman–Crippen LogP) is 2.05. The van der Waals surface area contributed by atoms with Gasteiger partial charge in [0.25, 0.3) is 5.12 Å². The first-order valence-corrected chi connectivity index (χ1v) is 4.27. The van der Waals surface area contributed by atoms with Crippen LogP contribution in [0.3, 0.4) is 0 Å². The van der Waals surface area contributed by atoms with Gasteiger partial charge in [-0.05, 0) is 12.1 Å². The molecule has 66 valence electrons. The van der Waals surface area contributed by atoms with Crippen LogP contribution in [0.1, 0.15) is 13.3 Å². The van der Waals surface area contributed by atoms with Gasteiger partial charge in [-0.3, -0.25) is 0 Å². The molecule has 0 bridgehead atoms. The normalized spacial score (nSPS) is 15.2. The average molecular weight is 184 g/mol. The molecular formula is C9H12O2S. The van der Waals surface area contributed by atoms with Crippen molar-refractivity contribution < 1.29 is 9.84 Å². The molecule has 0 saturated carbocycles. The van der Waals surface area contributed by atoms with Gasteiger partial charge in [0, 0.05) is 6.42 Å². The maximum Gasteiger partial charge on any atom is 0.254 e. The smallest absolute Gasteiger partial charge is 0.254 e. The Morgan fingerprint density at radius 2 is 2.00 bits per heavy atom. The van der Waals surface area contributed by atoms with Gasteiger partial charge in [-0.1, -0.05) is 25.1 Å². The highest BCUT2D eigenvalue weighted by Gasteiger charge is 2.20. The zero-order valence-electron chi connectivity index (χ0n) is 6.90. The van der Waals surface area contributed by atoms with E-state index in [2.05, 4.69) is 12.6 Å². The fourth-order valence-electron chi connectivity index (χ4n) is 0.749. The molecule has 2 nitrogen and oxygen atoms in total. The maximum atomic E-state index is 9.42. The molecule has 0 saturated heterocycles. The van der Waals surface area contributed by atoms with Gasteiger partial charge in [-0.15, -0.1) is 12.6 Å². The number of benzene rings is 1. The summed E-state index contributed by atoms with van der Waals surface area (Å²) in [6.45, 7) is 1.80. The van der Waals surface area contributed by atoms with E-state index < -0.39 is 5.12 Å². The number of para-hydroxylation sites is 1. The first-order chi connectivity index (χ1) is 5.64. The summed E-state index contributed by atoms with van der Waals surface area (Å²) in [6, 6.07) is 9.12. The lowest BCUT2D eigenvalue weighted by molar-refractivity contribution is -0.0528. The molecule has 1 aromatic rings. The van der Waals surface area contributed by atoms with Crippen LogP contribution in [0.25, 0.3) is 0 Å². The van der Waals surface area contributed by atoms with Gasteiger partial charge in [-0.2, -0.15) is 0 Å². The van der Waals surface area contributed by atoms with E-state index in [0.29, 0.717) is 12.2 Å². The molecule has 0 amide bonds. The maximum absolute atomic E-state index is 9.42. The van der Waals surface area contributed by atoms with E-state index in [4.69, 9.17) is 4.74 Å². The van der Waals surface area contributed by atoms with Crippen molar-refractivity contribution in [1.82, 2.24) is 0 Å². The lowest BCUT2D eigenvalue weighted by atomic mass is 10.3. The monoisotopic (exact) mass is 184 g/mol. The molecule has 0 aromatic heterocycles. The number of thiol groups is 1. The van der Waals surface area contributed by atoms with E-state index in [9.17, 15) is 5.11 Å². The Labute approximate surface area is 77.6 Å². The number of rotatable bonds is 3. The Kier molecular flexibility index (Phi) is 3.00. The molecule has 1 N–H and O–H groups in total. The summed E-state index contributed by atoms with van der Waals surface area (Å²) in [7, 11) is 0. The SMILES string of the molecule is CCC(O)(S)Oc1ccccc1. The minimum atomic E-state index is -1.36. The van der Waals surface area contributed by atoms with Crippen LogP contribution in [0, 0.1) is 0 Å². The summed E-state index contributed by atoms with van der Waals surface area (Å²) in [5, 5.41) is 8.06. The van der Waals surface area contributed by atoms with Crippen LogP contribution in [-0.2, 0) is 0 Å². The highest BCUT2D eigenvalue weighted by Crippen LogP contribution is 2.21. The third-order valence-corrected chi connectivity index (χ3v) is 1.89. The Morgan fingerprint density at radius 1 is 1.42 bits per heavy atom. The van der Waals surface area contributed by atoms with Crippen molar-refractivity contribution in [3.05, 3.63) is 30.3 Å². The summed E-state index contributed by atoms with van der Waals surface area (Å²) in [4.78, 5) is 0. The Bertz CT molecular complexity index is 234. The number of hydrogen-bond acceptors (Lipinski definition) is 3. The predicted molar refractivity (Wildman–Crippen MR) is 51.3 cm³/mol. The topological polar surface area (TPSA) is 29.5 Å². The fraction of sp³-hybridized carbons (Fsp3) is 0.333. The summed E-state index contributed by atoms with van der Waals surface area (Å²) in [6.07, 6.45) is 0.436. The minimum absolute atomic E-state index is 0.436. The van der Waals surface area contributed by atoms with E-state index in [0.717, 1.165) is 0 Å². The Hall–Kier alpha value is -0.670. The number of ether oxygens (including phenoxy) is 1. The lowest BCUT2D eigenvalue weighted by Crippen LogP contribution is -2.27. The standard InChI is InChI=1S/C9H12O2S/c1-2-9(10,12)11-8-6-4-3-5-7-8/h3-7,10,12H,2H2,1H3. The molecule has 12 heavy (non-hydrogen) atoms. The van der Waals surface area contributed by atoms with Gasteiger partial charge in [-0.25, -0.2) is 0 Å². The van der Waals surface area contributed by atoms with Crippen LogP contribution in [0.5, 0.6) is 5.75 Å². The quantitative estimate of drug-likeness (QED) is 0.556. The molecule has 0 fully saturated rings. The van der Waals surface area contributed by atoms with Crippen LogP contribution in [0.4, 0.5) is 0 Å². The van der Waals surface area contributed by atoms with Crippen LogP contribution in [0.15, 0.2) is 30.3 Å². The molecule has 1 aromatic carbocycles. The van der Waals surface area contributed by atoms with Gasteiger partial charge in [0.2, 0.25) is 0 Å². The third-order valence-electron chi connectivity index (χ3n) is 1.49. The van der Waals surface area contributed by atoms with Gasteiger partial charge in [0.1, 0.15) is 5.75 Å². The van der Waals surface area contributed by atoms with Crippen molar-refractivity contribution >= 4 is 12.6 Å². The fourth-order valence-corrected chi connectivity index (χ4v) is 0.855. The highest BCUT2D eigenvalue weighted by molar-refractivity contribution is 7.81. The van der Waals surface area contributed by atoms with Crippen molar-refractivity contribution in [3.8, 4) is 5.75 Å². The molecular weight excluding hydrogens is 172 g/mol. The zero-order chi connectivity index (χ0) is 9.03. The van der Waals surface area contributed by atoms with E-state index in [-0.39, 0.29) is 0 Å². The molecule has 0 aliphatic carbocycles. The largest absolute Gasteiger partial charge is 0.453 e. The second-order valence-corrected chi connectivity index (χ2v) is 3.21. The molecule has 1 atom stereocenters. The summed E-state index contributed by atoms with van der Waals surface area (Å²) in [5.74, 6) is 0.622. The van der Waals surface area contributed by atoms with Crippen molar-refractivity contribution in [2.24, 2.45) is 0 Å². The van der Waals surface area contributed by atoms with Crippen molar-refractivity contribution in [1.29, 1.82) is 0 Å². The summed E-state index contributed by atoms with van der Waals surface area (Å²) < 4.78 is 5.17. The first kappa shape index (κ1) is 9.42. The van der Waals surface area contributed by atoms with E-state index >= 15 is 0 Å².